The zero-order valence-corrected chi connectivity index (χ0v) is 10.8. The van der Waals surface area contributed by atoms with Gasteiger partial charge in [0.2, 0.25) is 5.72 Å². The Balaban J connectivity index is 2.20. The Morgan fingerprint density at radius 3 is 2.53 bits per heavy atom. The lowest BCUT2D eigenvalue weighted by atomic mass is 10.1. The minimum atomic E-state index is -1.59. The minimum Gasteiger partial charge on any atom is -0.478 e. The van der Waals surface area contributed by atoms with Crippen LogP contribution in [-0.4, -0.2) is 39.9 Å². The highest BCUT2D eigenvalue weighted by Crippen LogP contribution is 2.27. The normalized spacial score (nSPS) is 25.3. The fourth-order valence-corrected chi connectivity index (χ4v) is 2.48. The van der Waals surface area contributed by atoms with Gasteiger partial charge in [-0.3, -0.25) is 4.90 Å². The molecule has 1 atom stereocenters. The van der Waals surface area contributed by atoms with Crippen molar-refractivity contribution >= 4 is 5.97 Å². The molecule has 1 aliphatic rings. The van der Waals surface area contributed by atoms with Gasteiger partial charge in [0.1, 0.15) is 0 Å². The van der Waals surface area contributed by atoms with Gasteiger partial charge in [-0.15, -0.1) is 0 Å². The lowest BCUT2D eigenvalue weighted by Crippen LogP contribution is -2.50. The highest BCUT2D eigenvalue weighted by atomic mass is 16.4. The van der Waals surface area contributed by atoms with Crippen molar-refractivity contribution in [1.29, 1.82) is 0 Å². The van der Waals surface area contributed by atoms with Crippen molar-refractivity contribution in [2.24, 2.45) is 0 Å². The second kappa shape index (κ2) is 6.97. The molecule has 1 heterocycles. The summed E-state index contributed by atoms with van der Waals surface area (Å²) in [5.41, 5.74) is -1.59. The van der Waals surface area contributed by atoms with Gasteiger partial charge in [-0.05, 0) is 12.8 Å². The number of unbranched alkanes of at least 4 members (excludes halogenated alkanes) is 5. The second-order valence-electron chi connectivity index (χ2n) is 4.98. The van der Waals surface area contributed by atoms with Gasteiger partial charge in [-0.25, -0.2) is 4.79 Å². The molecule has 0 radical (unpaired) electrons. The number of carboxylic acid groups (broad SMARTS) is 1. The van der Waals surface area contributed by atoms with E-state index in [1.165, 1.54) is 25.7 Å². The minimum absolute atomic E-state index is 0.359. The molecule has 17 heavy (non-hydrogen) atoms. The Labute approximate surface area is 104 Å². The molecular formula is C13H25NO3. The summed E-state index contributed by atoms with van der Waals surface area (Å²) in [7, 11) is 0. The molecule has 0 bridgehead atoms. The Kier molecular flexibility index (Phi) is 5.92. The number of aliphatic hydroxyl groups is 1. The third-order valence-corrected chi connectivity index (χ3v) is 3.60. The van der Waals surface area contributed by atoms with Gasteiger partial charge in [-0.2, -0.15) is 0 Å². The Morgan fingerprint density at radius 2 is 1.88 bits per heavy atom. The summed E-state index contributed by atoms with van der Waals surface area (Å²) in [4.78, 5) is 12.7. The first-order valence-corrected chi connectivity index (χ1v) is 6.82. The first kappa shape index (κ1) is 14.5. The van der Waals surface area contributed by atoms with Gasteiger partial charge in [0, 0.05) is 19.5 Å². The SMILES string of the molecule is CCCCCCCCN1CCCC1(O)C(=O)O. The molecule has 1 saturated heterocycles. The number of likely N-dealkylation sites (tertiary alicyclic amines) is 1. The van der Waals surface area contributed by atoms with E-state index in [4.69, 9.17) is 5.11 Å². The van der Waals surface area contributed by atoms with Crippen LogP contribution in [0.4, 0.5) is 0 Å². The number of carbonyl (C=O) groups is 1. The third-order valence-electron chi connectivity index (χ3n) is 3.60. The van der Waals surface area contributed by atoms with Crippen molar-refractivity contribution in [2.75, 3.05) is 13.1 Å². The quantitative estimate of drug-likeness (QED) is 0.642. The van der Waals surface area contributed by atoms with Crippen molar-refractivity contribution in [3.63, 3.8) is 0 Å². The van der Waals surface area contributed by atoms with Crippen LogP contribution in [0.25, 0.3) is 0 Å². The molecule has 0 aliphatic carbocycles. The predicted octanol–water partition coefficient (Wildman–Crippen LogP) is 2.22. The number of hydrogen-bond donors (Lipinski definition) is 2. The van der Waals surface area contributed by atoms with Crippen LogP contribution in [0.1, 0.15) is 58.3 Å². The number of hydrogen-bond acceptors (Lipinski definition) is 3. The molecular weight excluding hydrogens is 218 g/mol. The van der Waals surface area contributed by atoms with Gasteiger partial charge in [0.15, 0.2) is 0 Å². The number of carboxylic acids is 1. The van der Waals surface area contributed by atoms with E-state index in [0.29, 0.717) is 19.5 Å². The van der Waals surface area contributed by atoms with Crippen LogP contribution >= 0.6 is 0 Å². The maximum Gasteiger partial charge on any atom is 0.351 e. The summed E-state index contributed by atoms with van der Waals surface area (Å²) >= 11 is 0. The second-order valence-corrected chi connectivity index (χ2v) is 4.98. The van der Waals surface area contributed by atoms with Gasteiger partial charge < -0.3 is 10.2 Å². The maximum absolute atomic E-state index is 11.0. The summed E-state index contributed by atoms with van der Waals surface area (Å²) in [6.45, 7) is 3.60. The third kappa shape index (κ3) is 3.96. The molecule has 0 aromatic carbocycles. The Hall–Kier alpha value is -0.610. The zero-order valence-electron chi connectivity index (χ0n) is 10.8. The highest BCUT2D eigenvalue weighted by molar-refractivity contribution is 5.76. The Morgan fingerprint density at radius 1 is 1.24 bits per heavy atom. The molecule has 100 valence electrons. The van der Waals surface area contributed by atoms with Gasteiger partial charge >= 0.3 is 5.97 Å². The maximum atomic E-state index is 11.0. The molecule has 1 unspecified atom stereocenters. The lowest BCUT2D eigenvalue weighted by Gasteiger charge is -2.29. The summed E-state index contributed by atoms with van der Waals surface area (Å²) < 4.78 is 0. The van der Waals surface area contributed by atoms with Crippen LogP contribution in [0.15, 0.2) is 0 Å². The highest BCUT2D eigenvalue weighted by Gasteiger charge is 2.45. The monoisotopic (exact) mass is 243 g/mol. The van der Waals surface area contributed by atoms with Crippen LogP contribution in [0.3, 0.4) is 0 Å². The van der Waals surface area contributed by atoms with E-state index in [9.17, 15) is 9.90 Å². The van der Waals surface area contributed by atoms with Crippen LogP contribution in [0.2, 0.25) is 0 Å². The molecule has 2 N–H and O–H groups in total. The molecule has 4 heteroatoms. The smallest absolute Gasteiger partial charge is 0.351 e. The number of rotatable bonds is 8. The molecule has 1 rings (SSSR count). The fraction of sp³-hybridized carbons (Fsp3) is 0.923. The van der Waals surface area contributed by atoms with Crippen molar-refractivity contribution in [3.8, 4) is 0 Å². The van der Waals surface area contributed by atoms with Gasteiger partial charge in [0.25, 0.3) is 0 Å². The molecule has 0 spiro atoms. The number of aliphatic carboxylic acids is 1. The summed E-state index contributed by atoms with van der Waals surface area (Å²) in [6, 6.07) is 0. The first-order valence-electron chi connectivity index (χ1n) is 6.82. The molecule has 0 saturated carbocycles. The fourth-order valence-electron chi connectivity index (χ4n) is 2.48. The van der Waals surface area contributed by atoms with E-state index < -0.39 is 11.7 Å². The summed E-state index contributed by atoms with van der Waals surface area (Å²) in [5.74, 6) is -1.10. The predicted molar refractivity (Wildman–Crippen MR) is 66.8 cm³/mol. The van der Waals surface area contributed by atoms with E-state index in [1.54, 1.807) is 4.90 Å². The zero-order chi connectivity index (χ0) is 12.7. The van der Waals surface area contributed by atoms with Crippen LogP contribution < -0.4 is 0 Å². The average molecular weight is 243 g/mol. The van der Waals surface area contributed by atoms with E-state index in [1.807, 2.05) is 0 Å². The largest absolute Gasteiger partial charge is 0.478 e. The van der Waals surface area contributed by atoms with Crippen molar-refractivity contribution in [3.05, 3.63) is 0 Å². The standard InChI is InChI=1S/C13H25NO3/c1-2-3-4-5-6-7-10-14-11-8-9-13(14,17)12(15)16/h17H,2-11H2,1H3,(H,15,16). The van der Waals surface area contributed by atoms with Gasteiger partial charge in [0.05, 0.1) is 0 Å². The van der Waals surface area contributed by atoms with Crippen molar-refractivity contribution in [2.45, 2.75) is 64.0 Å². The molecule has 0 aromatic rings. The van der Waals surface area contributed by atoms with E-state index >= 15 is 0 Å². The topological polar surface area (TPSA) is 60.8 Å². The molecule has 4 nitrogen and oxygen atoms in total. The summed E-state index contributed by atoms with van der Waals surface area (Å²) in [6.07, 6.45) is 8.25. The summed E-state index contributed by atoms with van der Waals surface area (Å²) in [5, 5.41) is 19.0. The van der Waals surface area contributed by atoms with E-state index in [-0.39, 0.29) is 0 Å². The lowest BCUT2D eigenvalue weighted by molar-refractivity contribution is -0.176. The van der Waals surface area contributed by atoms with Crippen molar-refractivity contribution in [1.82, 2.24) is 4.90 Å². The van der Waals surface area contributed by atoms with Crippen LogP contribution in [0, 0.1) is 0 Å². The van der Waals surface area contributed by atoms with Crippen LogP contribution in [-0.2, 0) is 4.79 Å². The first-order chi connectivity index (χ1) is 8.11. The molecule has 0 amide bonds. The number of nitrogens with zero attached hydrogens (tertiary/aromatic N) is 1. The molecule has 0 aromatic heterocycles. The van der Waals surface area contributed by atoms with E-state index in [2.05, 4.69) is 6.92 Å². The van der Waals surface area contributed by atoms with Crippen LogP contribution in [0.5, 0.6) is 0 Å². The molecule has 1 fully saturated rings. The van der Waals surface area contributed by atoms with Crippen molar-refractivity contribution < 1.29 is 15.0 Å². The van der Waals surface area contributed by atoms with Gasteiger partial charge in [-0.1, -0.05) is 39.0 Å². The molecule has 1 aliphatic heterocycles. The van der Waals surface area contributed by atoms with E-state index in [0.717, 1.165) is 19.3 Å². The Bertz CT molecular complexity index is 245. The average Bonchev–Trinajstić information content (AvgIpc) is 2.67.